The fourth-order valence-electron chi connectivity index (χ4n) is 3.63. The lowest BCUT2D eigenvalue weighted by Gasteiger charge is -2.25. The minimum Gasteiger partial charge on any atom is -0.378 e. The third kappa shape index (κ3) is 4.86. The van der Waals surface area contributed by atoms with Crippen molar-refractivity contribution in [3.8, 4) is 0 Å². The van der Waals surface area contributed by atoms with E-state index in [1.165, 1.54) is 6.20 Å². The molecule has 8 heteroatoms. The number of hydrogen-bond donors (Lipinski definition) is 3. The molecule has 1 unspecified atom stereocenters. The molecule has 1 aromatic heterocycles. The molecule has 1 aliphatic heterocycles. The van der Waals surface area contributed by atoms with E-state index < -0.39 is 6.17 Å². The van der Waals surface area contributed by atoms with Crippen LogP contribution >= 0.6 is 0 Å². The van der Waals surface area contributed by atoms with Crippen molar-refractivity contribution in [2.45, 2.75) is 32.5 Å². The summed E-state index contributed by atoms with van der Waals surface area (Å²) in [6, 6.07) is 7.57. The first kappa shape index (κ1) is 22.3. The molecule has 0 bridgehead atoms. The zero-order valence-corrected chi connectivity index (χ0v) is 18.5. The van der Waals surface area contributed by atoms with Crippen LogP contribution in [0.5, 0.6) is 0 Å². The van der Waals surface area contributed by atoms with Gasteiger partial charge in [0.25, 0.3) is 5.91 Å². The van der Waals surface area contributed by atoms with E-state index in [2.05, 4.69) is 38.3 Å². The number of nitrogens with zero attached hydrogens (tertiary/aromatic N) is 4. The molecule has 0 spiro atoms. The number of aromatic nitrogens is 2. The highest BCUT2D eigenvalue weighted by molar-refractivity contribution is 6.13. The second-order valence-corrected chi connectivity index (χ2v) is 7.71. The summed E-state index contributed by atoms with van der Waals surface area (Å²) in [5.41, 5.74) is 10.9. The van der Waals surface area contributed by atoms with Crippen molar-refractivity contribution in [2.24, 2.45) is 10.7 Å². The number of imidazole rings is 1. The second kappa shape index (κ2) is 9.61. The Hall–Kier alpha value is -3.39. The Balaban J connectivity index is 1.58. The summed E-state index contributed by atoms with van der Waals surface area (Å²) in [5.74, 6) is 0.814. The van der Waals surface area contributed by atoms with Gasteiger partial charge in [-0.05, 0) is 44.0 Å². The summed E-state index contributed by atoms with van der Waals surface area (Å²) in [7, 11) is 3.95. The number of amides is 1. The minimum absolute atomic E-state index is 0.0600. The fourth-order valence-corrected chi connectivity index (χ4v) is 3.63. The van der Waals surface area contributed by atoms with Crippen molar-refractivity contribution in [1.29, 1.82) is 0 Å². The van der Waals surface area contributed by atoms with Gasteiger partial charge in [0.15, 0.2) is 0 Å². The first-order valence-electron chi connectivity index (χ1n) is 10.4. The molecular weight excluding hydrogens is 390 g/mol. The van der Waals surface area contributed by atoms with Crippen molar-refractivity contribution < 1.29 is 4.79 Å². The average molecular weight is 422 g/mol. The standard InChI is InChI=1S/C23H31N7O/c1-6-25-19-15(2)27-22(24)20-21(19)30(16(3)28-20)14-8-7-13-26-23(31)17-9-11-18(12-10-17)29(4)5/h6,9-12,22,27H,1-2,7-8,13-14,24H2,3-5H3,(H,26,31). The predicted octanol–water partition coefficient (Wildman–Crippen LogP) is 2.47. The Morgan fingerprint density at radius 3 is 2.71 bits per heavy atom. The first-order valence-corrected chi connectivity index (χ1v) is 10.4. The lowest BCUT2D eigenvalue weighted by Crippen LogP contribution is -2.38. The normalized spacial score (nSPS) is 16.6. The molecule has 0 saturated carbocycles. The van der Waals surface area contributed by atoms with Gasteiger partial charge in [-0.25, -0.2) is 4.98 Å². The molecule has 1 aromatic carbocycles. The van der Waals surface area contributed by atoms with Gasteiger partial charge in [-0.3, -0.25) is 9.79 Å². The Bertz CT molecular complexity index is 1000. The number of aliphatic imine (C=N–C) groups is 1. The molecule has 2 heterocycles. The Morgan fingerprint density at radius 2 is 2.06 bits per heavy atom. The topological polar surface area (TPSA) is 101 Å². The van der Waals surface area contributed by atoms with Crippen LogP contribution in [0.1, 0.15) is 46.6 Å². The third-order valence-electron chi connectivity index (χ3n) is 5.28. The van der Waals surface area contributed by atoms with Gasteiger partial charge in [0.1, 0.15) is 23.4 Å². The SMILES string of the molecule is C=CN=C1C(=C)NC(N)c2nc(C)n(CCCCNC(=O)c3ccc(N(C)C)cc3)c21. The Labute approximate surface area is 183 Å². The number of allylic oxidation sites excluding steroid dienone is 1. The van der Waals surface area contributed by atoms with Crippen LogP contribution in [0.15, 0.2) is 54.3 Å². The highest BCUT2D eigenvalue weighted by atomic mass is 16.1. The lowest BCUT2D eigenvalue weighted by atomic mass is 10.1. The van der Waals surface area contributed by atoms with Gasteiger partial charge in [-0.15, -0.1) is 0 Å². The van der Waals surface area contributed by atoms with Crippen molar-refractivity contribution in [3.05, 3.63) is 72.1 Å². The van der Waals surface area contributed by atoms with E-state index in [-0.39, 0.29) is 5.91 Å². The van der Waals surface area contributed by atoms with Crippen LogP contribution in [0.4, 0.5) is 5.69 Å². The minimum atomic E-state index is -0.413. The van der Waals surface area contributed by atoms with Crippen LogP contribution in [0, 0.1) is 6.92 Å². The average Bonchev–Trinajstić information content (AvgIpc) is 3.07. The monoisotopic (exact) mass is 421 g/mol. The number of aryl methyl sites for hydroxylation is 1. The Morgan fingerprint density at radius 1 is 1.35 bits per heavy atom. The maximum atomic E-state index is 12.4. The van der Waals surface area contributed by atoms with Gasteiger partial charge < -0.3 is 25.8 Å². The maximum Gasteiger partial charge on any atom is 0.251 e. The summed E-state index contributed by atoms with van der Waals surface area (Å²) in [4.78, 5) is 23.4. The summed E-state index contributed by atoms with van der Waals surface area (Å²) in [5, 5.41) is 6.09. The van der Waals surface area contributed by atoms with E-state index in [1.54, 1.807) is 0 Å². The number of carbonyl (C=O) groups excluding carboxylic acids is 1. The molecule has 31 heavy (non-hydrogen) atoms. The van der Waals surface area contributed by atoms with E-state index in [0.717, 1.165) is 42.3 Å². The summed E-state index contributed by atoms with van der Waals surface area (Å²) < 4.78 is 2.12. The molecule has 2 aromatic rings. The predicted molar refractivity (Wildman–Crippen MR) is 125 cm³/mol. The number of fused-ring (bicyclic) bond motifs is 1. The number of benzene rings is 1. The highest BCUT2D eigenvalue weighted by Gasteiger charge is 2.30. The van der Waals surface area contributed by atoms with E-state index in [4.69, 9.17) is 5.73 Å². The molecule has 1 aliphatic rings. The maximum absolute atomic E-state index is 12.4. The quantitative estimate of drug-likeness (QED) is 0.569. The molecular formula is C23H31N7O. The number of unbranched alkanes of at least 4 members (excludes halogenated alkanes) is 1. The summed E-state index contributed by atoms with van der Waals surface area (Å²) in [6.45, 7) is 11.0. The van der Waals surface area contributed by atoms with Crippen molar-refractivity contribution >= 4 is 17.3 Å². The lowest BCUT2D eigenvalue weighted by molar-refractivity contribution is 0.0953. The zero-order chi connectivity index (χ0) is 22.5. The van der Waals surface area contributed by atoms with Gasteiger partial charge in [0.2, 0.25) is 0 Å². The largest absolute Gasteiger partial charge is 0.378 e. The van der Waals surface area contributed by atoms with Gasteiger partial charge in [0.05, 0.1) is 11.4 Å². The molecule has 0 fully saturated rings. The molecule has 0 radical (unpaired) electrons. The molecule has 0 aliphatic carbocycles. The number of carbonyl (C=O) groups is 1. The number of anilines is 1. The molecule has 164 valence electrons. The van der Waals surface area contributed by atoms with Crippen LogP contribution in [0.25, 0.3) is 0 Å². The van der Waals surface area contributed by atoms with Crippen LogP contribution in [0.2, 0.25) is 0 Å². The van der Waals surface area contributed by atoms with E-state index in [1.807, 2.05) is 50.2 Å². The van der Waals surface area contributed by atoms with Crippen LogP contribution < -0.4 is 21.3 Å². The first-order chi connectivity index (χ1) is 14.8. The van der Waals surface area contributed by atoms with E-state index >= 15 is 0 Å². The van der Waals surface area contributed by atoms with Gasteiger partial charge >= 0.3 is 0 Å². The second-order valence-electron chi connectivity index (χ2n) is 7.71. The molecule has 4 N–H and O–H groups in total. The van der Waals surface area contributed by atoms with Crippen LogP contribution in [0.3, 0.4) is 0 Å². The smallest absolute Gasteiger partial charge is 0.251 e. The third-order valence-corrected chi connectivity index (χ3v) is 5.28. The summed E-state index contributed by atoms with van der Waals surface area (Å²) >= 11 is 0. The van der Waals surface area contributed by atoms with Crippen LogP contribution in [-0.2, 0) is 6.54 Å². The van der Waals surface area contributed by atoms with E-state index in [9.17, 15) is 4.79 Å². The Kier molecular flexibility index (Phi) is 6.91. The number of nitrogens with one attached hydrogen (secondary N) is 2. The fraction of sp³-hybridized carbons (Fsp3) is 0.348. The molecule has 1 amide bonds. The van der Waals surface area contributed by atoms with Crippen molar-refractivity contribution in [2.75, 3.05) is 25.5 Å². The van der Waals surface area contributed by atoms with Crippen molar-refractivity contribution in [3.63, 3.8) is 0 Å². The van der Waals surface area contributed by atoms with Gasteiger partial charge in [-0.2, -0.15) is 0 Å². The van der Waals surface area contributed by atoms with E-state index in [0.29, 0.717) is 23.5 Å². The number of nitrogens with two attached hydrogens (primary N) is 1. The molecule has 1 atom stereocenters. The summed E-state index contributed by atoms with van der Waals surface area (Å²) in [6.07, 6.45) is 2.80. The number of rotatable bonds is 8. The zero-order valence-electron chi connectivity index (χ0n) is 18.5. The van der Waals surface area contributed by atoms with Crippen LogP contribution in [-0.4, -0.2) is 41.8 Å². The van der Waals surface area contributed by atoms with Gasteiger partial charge in [0, 0.05) is 44.6 Å². The van der Waals surface area contributed by atoms with Gasteiger partial charge in [-0.1, -0.05) is 13.2 Å². The molecule has 3 rings (SSSR count). The molecule has 0 saturated heterocycles. The molecule has 8 nitrogen and oxygen atoms in total. The highest BCUT2D eigenvalue weighted by Crippen LogP contribution is 2.25. The van der Waals surface area contributed by atoms with Crippen molar-refractivity contribution in [1.82, 2.24) is 20.2 Å². The number of hydrogen-bond acceptors (Lipinski definition) is 6.